The van der Waals surface area contributed by atoms with E-state index in [1.807, 2.05) is 0 Å². The molecule has 1 N–H and O–H groups in total. The largest absolute Gasteiger partial charge is 0.480 e. The van der Waals surface area contributed by atoms with Crippen LogP contribution in [0.15, 0.2) is 10.7 Å². The van der Waals surface area contributed by atoms with Crippen LogP contribution in [0.3, 0.4) is 0 Å². The van der Waals surface area contributed by atoms with E-state index in [-0.39, 0.29) is 0 Å². The Labute approximate surface area is 112 Å². The van der Waals surface area contributed by atoms with Crippen molar-refractivity contribution in [2.75, 3.05) is 6.54 Å². The first-order valence-corrected chi connectivity index (χ1v) is 7.29. The van der Waals surface area contributed by atoms with E-state index in [0.717, 1.165) is 35.2 Å². The van der Waals surface area contributed by atoms with Gasteiger partial charge in [-0.05, 0) is 59.2 Å². The molecule has 92 valence electrons. The van der Waals surface area contributed by atoms with E-state index in [1.54, 1.807) is 6.20 Å². The minimum absolute atomic E-state index is 0.353. The lowest BCUT2D eigenvalue weighted by atomic mass is 9.67. The second-order valence-electron chi connectivity index (χ2n) is 4.77. The second kappa shape index (κ2) is 4.03. The first kappa shape index (κ1) is 11.6. The molecule has 1 aromatic rings. The monoisotopic (exact) mass is 316 g/mol. The first-order valence-electron chi connectivity index (χ1n) is 5.72. The highest BCUT2D eigenvalue weighted by Crippen LogP contribution is 2.51. The number of nitrogens with zero attached hydrogens (tertiary/aromatic N) is 2. The van der Waals surface area contributed by atoms with Crippen molar-refractivity contribution in [3.8, 4) is 0 Å². The predicted octanol–water partition coefficient (Wildman–Crippen LogP) is 2.34. The van der Waals surface area contributed by atoms with E-state index in [4.69, 9.17) is 0 Å². The standard InChI is InChI=1S/C11H13BrN2O2S/c12-8-5-13-17-9(8)6-14-4-2-7-1-3-11(7,14)10(15)16/h5,7H,1-4,6H2,(H,15,16)/t7-,11-/m0/s1. The van der Waals surface area contributed by atoms with Crippen molar-refractivity contribution in [3.63, 3.8) is 0 Å². The summed E-state index contributed by atoms with van der Waals surface area (Å²) in [6, 6.07) is 0. The van der Waals surface area contributed by atoms with Crippen LogP contribution in [0, 0.1) is 5.92 Å². The highest BCUT2D eigenvalue weighted by atomic mass is 79.9. The Morgan fingerprint density at radius 2 is 2.53 bits per heavy atom. The van der Waals surface area contributed by atoms with Crippen molar-refractivity contribution in [2.24, 2.45) is 5.92 Å². The Balaban J connectivity index is 1.84. The van der Waals surface area contributed by atoms with Crippen molar-refractivity contribution < 1.29 is 9.90 Å². The number of aromatic nitrogens is 1. The highest BCUT2D eigenvalue weighted by molar-refractivity contribution is 9.10. The van der Waals surface area contributed by atoms with Gasteiger partial charge in [-0.25, -0.2) is 0 Å². The first-order chi connectivity index (χ1) is 8.14. The maximum atomic E-state index is 11.5. The number of halogens is 1. The molecule has 3 rings (SSSR count). The fraction of sp³-hybridized carbons (Fsp3) is 0.636. The summed E-state index contributed by atoms with van der Waals surface area (Å²) >= 11 is 4.90. The van der Waals surface area contributed by atoms with Crippen molar-refractivity contribution in [1.82, 2.24) is 9.27 Å². The molecule has 1 saturated heterocycles. The lowest BCUT2D eigenvalue weighted by molar-refractivity contribution is -0.159. The average molecular weight is 317 g/mol. The van der Waals surface area contributed by atoms with Gasteiger partial charge in [0.2, 0.25) is 0 Å². The van der Waals surface area contributed by atoms with Crippen LogP contribution in [-0.2, 0) is 11.3 Å². The third-order valence-corrected chi connectivity index (χ3v) is 5.89. The summed E-state index contributed by atoms with van der Waals surface area (Å²) in [6.07, 6.45) is 4.65. The van der Waals surface area contributed by atoms with Crippen LogP contribution in [0.1, 0.15) is 24.1 Å². The van der Waals surface area contributed by atoms with Crippen LogP contribution in [0.25, 0.3) is 0 Å². The third kappa shape index (κ3) is 1.57. The maximum Gasteiger partial charge on any atom is 0.324 e. The number of carboxylic acids is 1. The maximum absolute atomic E-state index is 11.5. The predicted molar refractivity (Wildman–Crippen MR) is 67.9 cm³/mol. The van der Waals surface area contributed by atoms with Gasteiger partial charge in [0.25, 0.3) is 0 Å². The van der Waals surface area contributed by atoms with E-state index in [0.29, 0.717) is 12.5 Å². The average Bonchev–Trinajstić information content (AvgIpc) is 2.72. The summed E-state index contributed by atoms with van der Waals surface area (Å²) in [7, 11) is 0. The summed E-state index contributed by atoms with van der Waals surface area (Å²) in [5, 5.41) is 9.50. The fourth-order valence-electron chi connectivity index (χ4n) is 3.10. The van der Waals surface area contributed by atoms with Crippen molar-refractivity contribution >= 4 is 33.4 Å². The Morgan fingerprint density at radius 3 is 3.06 bits per heavy atom. The summed E-state index contributed by atoms with van der Waals surface area (Å²) in [5.41, 5.74) is -0.580. The summed E-state index contributed by atoms with van der Waals surface area (Å²) in [5.74, 6) is -0.293. The van der Waals surface area contributed by atoms with Gasteiger partial charge in [-0.15, -0.1) is 0 Å². The van der Waals surface area contributed by atoms with Crippen molar-refractivity contribution in [1.29, 1.82) is 0 Å². The van der Waals surface area contributed by atoms with Gasteiger partial charge >= 0.3 is 5.97 Å². The zero-order chi connectivity index (χ0) is 12.0. The molecule has 2 aliphatic rings. The molecule has 17 heavy (non-hydrogen) atoms. The van der Waals surface area contributed by atoms with E-state index >= 15 is 0 Å². The summed E-state index contributed by atoms with van der Waals surface area (Å²) < 4.78 is 5.11. The molecule has 2 heterocycles. The molecule has 1 aliphatic carbocycles. The zero-order valence-corrected chi connectivity index (χ0v) is 11.6. The van der Waals surface area contributed by atoms with Gasteiger partial charge < -0.3 is 5.11 Å². The van der Waals surface area contributed by atoms with E-state index in [2.05, 4.69) is 25.2 Å². The van der Waals surface area contributed by atoms with Gasteiger partial charge in [-0.2, -0.15) is 4.37 Å². The SMILES string of the molecule is O=C(O)[C@]12CC[C@H]1CCN2Cc1sncc1Br. The van der Waals surface area contributed by atoms with Gasteiger partial charge in [-0.3, -0.25) is 9.69 Å². The molecule has 0 unspecified atom stereocenters. The van der Waals surface area contributed by atoms with E-state index < -0.39 is 11.5 Å². The molecule has 0 bridgehead atoms. The Kier molecular flexibility index (Phi) is 2.76. The lowest BCUT2D eigenvalue weighted by Gasteiger charge is -2.46. The summed E-state index contributed by atoms with van der Waals surface area (Å²) in [6.45, 7) is 1.59. The smallest absolute Gasteiger partial charge is 0.324 e. The van der Waals surface area contributed by atoms with Crippen LogP contribution < -0.4 is 0 Å². The molecule has 6 heteroatoms. The number of rotatable bonds is 3. The normalized spacial score (nSPS) is 32.2. The summed E-state index contributed by atoms with van der Waals surface area (Å²) in [4.78, 5) is 14.8. The Morgan fingerprint density at radius 1 is 1.71 bits per heavy atom. The molecular formula is C11H13BrN2O2S. The molecule has 0 radical (unpaired) electrons. The Hall–Kier alpha value is -0.460. The van der Waals surface area contributed by atoms with Crippen molar-refractivity contribution in [3.05, 3.63) is 15.5 Å². The van der Waals surface area contributed by atoms with Crippen LogP contribution in [0.2, 0.25) is 0 Å². The van der Waals surface area contributed by atoms with Crippen LogP contribution in [-0.4, -0.2) is 32.4 Å². The Bertz CT molecular complexity index is 464. The molecule has 1 aliphatic heterocycles. The van der Waals surface area contributed by atoms with E-state index in [9.17, 15) is 9.90 Å². The zero-order valence-electron chi connectivity index (χ0n) is 9.23. The molecule has 0 amide bonds. The highest BCUT2D eigenvalue weighted by Gasteiger charge is 2.60. The number of likely N-dealkylation sites (tertiary alicyclic amines) is 1. The van der Waals surface area contributed by atoms with Crippen molar-refractivity contribution in [2.45, 2.75) is 31.3 Å². The number of carboxylic acid groups (broad SMARTS) is 1. The molecule has 1 saturated carbocycles. The van der Waals surface area contributed by atoms with Crippen LogP contribution in [0.5, 0.6) is 0 Å². The second-order valence-corrected chi connectivity index (χ2v) is 6.51. The minimum atomic E-state index is -0.646. The molecule has 0 spiro atoms. The van der Waals surface area contributed by atoms with Gasteiger partial charge in [0.15, 0.2) is 0 Å². The van der Waals surface area contributed by atoms with Gasteiger partial charge in [-0.1, -0.05) is 0 Å². The number of hydrogen-bond acceptors (Lipinski definition) is 4. The quantitative estimate of drug-likeness (QED) is 0.930. The molecule has 4 nitrogen and oxygen atoms in total. The van der Waals surface area contributed by atoms with E-state index in [1.165, 1.54) is 11.5 Å². The van der Waals surface area contributed by atoms with Gasteiger partial charge in [0.1, 0.15) is 5.54 Å². The number of carbonyl (C=O) groups is 1. The van der Waals surface area contributed by atoms with Crippen LogP contribution >= 0.6 is 27.5 Å². The lowest BCUT2D eigenvalue weighted by Crippen LogP contribution is -2.59. The van der Waals surface area contributed by atoms with Crippen LogP contribution in [0.4, 0.5) is 0 Å². The van der Waals surface area contributed by atoms with Gasteiger partial charge in [0.05, 0.1) is 15.5 Å². The number of hydrogen-bond donors (Lipinski definition) is 1. The van der Waals surface area contributed by atoms with Gasteiger partial charge in [0, 0.05) is 6.54 Å². The molecule has 1 aromatic heterocycles. The topological polar surface area (TPSA) is 53.4 Å². The number of fused-ring (bicyclic) bond motifs is 1. The minimum Gasteiger partial charge on any atom is -0.480 e. The fourth-order valence-corrected chi connectivity index (χ4v) is 4.32. The molecular weight excluding hydrogens is 304 g/mol. The molecule has 2 atom stereocenters. The third-order valence-electron chi connectivity index (χ3n) is 4.16. The molecule has 0 aromatic carbocycles. The number of aliphatic carboxylic acids is 1. The molecule has 2 fully saturated rings.